The number of methoxy groups -OCH3 is 1. The normalized spacial score (nSPS) is 32.9. The van der Waals surface area contributed by atoms with E-state index in [9.17, 15) is 24.6 Å². The zero-order valence-corrected chi connectivity index (χ0v) is 26.6. The first-order chi connectivity index (χ1) is 22.2. The minimum Gasteiger partial charge on any atom is -0.497 e. The lowest BCUT2D eigenvalue weighted by Gasteiger charge is -2.45. The highest BCUT2D eigenvalue weighted by atomic mass is 16.6. The number of hydrogen-bond donors (Lipinski definition) is 3. The van der Waals surface area contributed by atoms with E-state index in [-0.39, 0.29) is 50.0 Å². The van der Waals surface area contributed by atoms with Crippen molar-refractivity contribution in [2.45, 2.75) is 76.5 Å². The number of nitrogens with zero attached hydrogens (tertiary/aromatic N) is 2. The lowest BCUT2D eigenvalue weighted by atomic mass is 9.60. The van der Waals surface area contributed by atoms with E-state index in [4.69, 9.17) is 23.8 Å². The number of carbonyl (C=O) groups excluding carboxylic acids is 3. The van der Waals surface area contributed by atoms with Gasteiger partial charge in [0.25, 0.3) is 0 Å². The van der Waals surface area contributed by atoms with Crippen molar-refractivity contribution in [2.24, 2.45) is 28.8 Å². The topological polar surface area (TPSA) is 165 Å². The fourth-order valence-electron chi connectivity index (χ4n) is 7.01. The van der Waals surface area contributed by atoms with Crippen molar-refractivity contribution >= 4 is 23.6 Å². The number of fused-ring (bicyclic) bond motifs is 3. The smallest absolute Gasteiger partial charge is 0.407 e. The first-order valence-corrected chi connectivity index (χ1v) is 16.2. The van der Waals surface area contributed by atoms with Crippen molar-refractivity contribution in [3.63, 3.8) is 0 Å². The third kappa shape index (κ3) is 7.31. The summed E-state index contributed by atoms with van der Waals surface area (Å²) in [5, 5.41) is 28.7. The van der Waals surface area contributed by atoms with Crippen LogP contribution in [0, 0.1) is 23.7 Å². The molecule has 0 aromatic heterocycles. The lowest BCUT2D eigenvalue weighted by Crippen LogP contribution is -2.54. The first-order valence-electron chi connectivity index (χ1n) is 16.2. The van der Waals surface area contributed by atoms with Crippen molar-refractivity contribution in [1.29, 1.82) is 0 Å². The van der Waals surface area contributed by atoms with E-state index in [0.717, 1.165) is 6.42 Å². The molecule has 0 unspecified atom stereocenters. The van der Waals surface area contributed by atoms with Crippen LogP contribution < -0.4 is 14.8 Å². The fraction of sp³-hybridized carbons (Fsp3) is 0.636. The summed E-state index contributed by atoms with van der Waals surface area (Å²) in [6, 6.07) is 7.16. The van der Waals surface area contributed by atoms with Gasteiger partial charge in [-0.15, -0.1) is 0 Å². The second kappa shape index (κ2) is 15.3. The summed E-state index contributed by atoms with van der Waals surface area (Å²) in [7, 11) is 1.59. The van der Waals surface area contributed by atoms with Gasteiger partial charge in [0.05, 0.1) is 43.0 Å². The van der Waals surface area contributed by atoms with Crippen molar-refractivity contribution in [1.82, 2.24) is 10.2 Å². The average molecular weight is 644 g/mol. The molecule has 3 N–H and O–H groups in total. The molecule has 3 amide bonds. The molecule has 2 aliphatic heterocycles. The number of amides is 3. The van der Waals surface area contributed by atoms with Gasteiger partial charge in [0.15, 0.2) is 0 Å². The predicted molar refractivity (Wildman–Crippen MR) is 165 cm³/mol. The summed E-state index contributed by atoms with van der Waals surface area (Å²) in [5.41, 5.74) is 0.592. The summed E-state index contributed by atoms with van der Waals surface area (Å²) in [6.07, 6.45) is 1.97. The Morgan fingerprint density at radius 1 is 1.07 bits per heavy atom. The molecule has 0 radical (unpaired) electrons. The second-order valence-electron chi connectivity index (χ2n) is 12.2. The Morgan fingerprint density at radius 3 is 2.52 bits per heavy atom. The number of nitrogens with one attached hydrogen (secondary N) is 1. The van der Waals surface area contributed by atoms with E-state index in [1.807, 2.05) is 19.1 Å². The largest absolute Gasteiger partial charge is 0.497 e. The Bertz CT molecular complexity index is 1290. The molecule has 252 valence electrons. The molecular weight excluding hydrogens is 598 g/mol. The number of oxime groups is 1. The maximum atomic E-state index is 13.1. The molecule has 13 heteroatoms. The molecule has 1 aromatic rings. The van der Waals surface area contributed by atoms with Gasteiger partial charge < -0.3 is 39.3 Å². The highest BCUT2D eigenvalue weighted by molar-refractivity contribution is 6.06. The SMILES string of the molecule is CCCNC(=O)OC[C@H]1O[C@@H](CCO/N=C2/C[C@@H](O)[C@@H](O)[C@@H]3[C@@H]4C(=O)N(CC)C(=O)[C@H]4CC[C@@H]23)C=C[C@@H]1Oc1ccc(OC)cc1. The first kappa shape index (κ1) is 33.7. The number of imide groups is 1. The highest BCUT2D eigenvalue weighted by Gasteiger charge is 2.59. The maximum Gasteiger partial charge on any atom is 0.407 e. The van der Waals surface area contributed by atoms with Crippen LogP contribution in [0.3, 0.4) is 0 Å². The van der Waals surface area contributed by atoms with Gasteiger partial charge in [-0.3, -0.25) is 14.5 Å². The van der Waals surface area contributed by atoms with E-state index in [2.05, 4.69) is 10.5 Å². The van der Waals surface area contributed by atoms with Crippen LogP contribution >= 0.6 is 0 Å². The molecule has 13 nitrogen and oxygen atoms in total. The molecular formula is C33H45N3O10. The number of aliphatic hydroxyl groups excluding tert-OH is 2. The van der Waals surface area contributed by atoms with Crippen LogP contribution in [-0.4, -0.2) is 103 Å². The molecule has 2 saturated carbocycles. The number of benzene rings is 1. The van der Waals surface area contributed by atoms with Crippen LogP contribution in [-0.2, 0) is 23.9 Å². The van der Waals surface area contributed by atoms with Gasteiger partial charge in [0.2, 0.25) is 11.8 Å². The summed E-state index contributed by atoms with van der Waals surface area (Å²) in [6.45, 7) is 4.67. The Balaban J connectivity index is 1.20. The summed E-state index contributed by atoms with van der Waals surface area (Å²) >= 11 is 0. The van der Waals surface area contributed by atoms with E-state index >= 15 is 0 Å². The van der Waals surface area contributed by atoms with E-state index in [1.165, 1.54) is 4.90 Å². The number of likely N-dealkylation sites (tertiary alicyclic amines) is 1. The molecule has 1 aromatic carbocycles. The van der Waals surface area contributed by atoms with Crippen LogP contribution in [0.4, 0.5) is 4.79 Å². The number of rotatable bonds is 12. The Hall–Kier alpha value is -3.68. The van der Waals surface area contributed by atoms with Crippen LogP contribution in [0.5, 0.6) is 11.5 Å². The number of carbonyl (C=O) groups is 3. The molecule has 4 aliphatic rings. The third-order valence-corrected chi connectivity index (χ3v) is 9.32. The van der Waals surface area contributed by atoms with Gasteiger partial charge in [-0.25, -0.2) is 4.79 Å². The molecule has 2 aliphatic carbocycles. The standard InChI is InChI=1S/C33H45N3O10/c1-4-15-34-33(41)43-18-27-26(45-20-8-6-19(42-3)7-9-20)13-10-21(46-27)14-16-44-35-24-17-25(37)30(38)28-22(24)11-12-23-29(28)32(40)36(5-2)31(23)39/h6-10,13,21-23,25-30,37-38H,4-5,11-12,14-18H2,1-3H3,(H,34,41)/b35-24-/t21-,22+,23+,25-,26+,27-,28+,29-,30-/m1/s1. The molecule has 0 bridgehead atoms. The van der Waals surface area contributed by atoms with Crippen LogP contribution in [0.1, 0.15) is 46.0 Å². The molecule has 1 saturated heterocycles. The predicted octanol–water partition coefficient (Wildman–Crippen LogP) is 2.44. The molecule has 3 fully saturated rings. The van der Waals surface area contributed by atoms with Gasteiger partial charge in [0, 0.05) is 37.8 Å². The highest BCUT2D eigenvalue weighted by Crippen LogP contribution is 2.49. The Kier molecular flexibility index (Phi) is 11.2. The van der Waals surface area contributed by atoms with Crippen molar-refractivity contribution in [3.8, 4) is 11.5 Å². The second-order valence-corrected chi connectivity index (χ2v) is 12.2. The van der Waals surface area contributed by atoms with Gasteiger partial charge in [-0.05, 0) is 56.5 Å². The minimum atomic E-state index is -1.12. The Labute approximate surface area is 268 Å². The number of hydrogen-bond acceptors (Lipinski definition) is 11. The van der Waals surface area contributed by atoms with E-state index < -0.39 is 48.3 Å². The van der Waals surface area contributed by atoms with Crippen LogP contribution in [0.25, 0.3) is 0 Å². The maximum absolute atomic E-state index is 13.1. The minimum absolute atomic E-state index is 0.0253. The lowest BCUT2D eigenvalue weighted by molar-refractivity contribution is -0.141. The summed E-state index contributed by atoms with van der Waals surface area (Å²) in [5.74, 6) is -1.17. The monoisotopic (exact) mass is 643 g/mol. The zero-order chi connectivity index (χ0) is 32.8. The molecule has 46 heavy (non-hydrogen) atoms. The zero-order valence-electron chi connectivity index (χ0n) is 26.6. The number of ether oxygens (including phenoxy) is 4. The molecule has 0 spiro atoms. The average Bonchev–Trinajstić information content (AvgIpc) is 3.32. The van der Waals surface area contributed by atoms with Crippen molar-refractivity contribution in [2.75, 3.05) is 33.4 Å². The van der Waals surface area contributed by atoms with Crippen LogP contribution in [0.15, 0.2) is 41.6 Å². The van der Waals surface area contributed by atoms with Gasteiger partial charge in [-0.1, -0.05) is 18.2 Å². The quantitative estimate of drug-likeness (QED) is 0.133. The Morgan fingerprint density at radius 2 is 1.80 bits per heavy atom. The third-order valence-electron chi connectivity index (χ3n) is 9.32. The van der Waals surface area contributed by atoms with E-state index in [1.54, 1.807) is 38.3 Å². The van der Waals surface area contributed by atoms with Gasteiger partial charge in [-0.2, -0.15) is 0 Å². The molecule has 5 rings (SSSR count). The molecule has 2 heterocycles. The number of alkyl carbamates (subject to hydrolysis) is 1. The van der Waals surface area contributed by atoms with Crippen molar-refractivity contribution < 1.29 is 48.4 Å². The molecule has 9 atom stereocenters. The van der Waals surface area contributed by atoms with Gasteiger partial charge in [0.1, 0.15) is 36.9 Å². The number of aliphatic hydroxyl groups is 2. The van der Waals surface area contributed by atoms with E-state index in [0.29, 0.717) is 43.0 Å². The summed E-state index contributed by atoms with van der Waals surface area (Å²) in [4.78, 5) is 45.0. The summed E-state index contributed by atoms with van der Waals surface area (Å²) < 4.78 is 23.0. The van der Waals surface area contributed by atoms with Gasteiger partial charge >= 0.3 is 6.09 Å². The fourth-order valence-corrected chi connectivity index (χ4v) is 7.01. The van der Waals surface area contributed by atoms with Crippen molar-refractivity contribution in [3.05, 3.63) is 36.4 Å². The van der Waals surface area contributed by atoms with Crippen LogP contribution in [0.2, 0.25) is 0 Å².